The van der Waals surface area contributed by atoms with Gasteiger partial charge in [-0.2, -0.15) is 0 Å². The molecule has 136 valence electrons. The summed E-state index contributed by atoms with van der Waals surface area (Å²) in [6, 6.07) is 13.7. The minimum Gasteiger partial charge on any atom is -0.497 e. The first-order valence-electron chi connectivity index (χ1n) is 8.85. The van der Waals surface area contributed by atoms with Gasteiger partial charge in [-0.25, -0.2) is 4.79 Å². The van der Waals surface area contributed by atoms with E-state index in [4.69, 9.17) is 4.74 Å². The Morgan fingerprint density at radius 1 is 1.15 bits per heavy atom. The number of carbonyl (C=O) groups is 1. The number of H-pyrrole nitrogens is 1. The van der Waals surface area contributed by atoms with Crippen LogP contribution in [-0.2, 0) is 6.42 Å². The van der Waals surface area contributed by atoms with Gasteiger partial charge in [0.05, 0.1) is 7.11 Å². The van der Waals surface area contributed by atoms with Gasteiger partial charge in [-0.15, -0.1) is 0 Å². The van der Waals surface area contributed by atoms with Crippen LogP contribution in [0.15, 0.2) is 48.7 Å². The van der Waals surface area contributed by atoms with Crippen molar-refractivity contribution < 1.29 is 9.53 Å². The smallest absolute Gasteiger partial charge is 0.319 e. The molecule has 0 aliphatic rings. The van der Waals surface area contributed by atoms with Gasteiger partial charge in [0.1, 0.15) is 5.75 Å². The zero-order valence-corrected chi connectivity index (χ0v) is 15.4. The molecule has 0 atom stereocenters. The van der Waals surface area contributed by atoms with Crippen LogP contribution in [-0.4, -0.2) is 24.7 Å². The second kappa shape index (κ2) is 7.95. The van der Waals surface area contributed by atoms with E-state index in [2.05, 4.69) is 29.5 Å². The Morgan fingerprint density at radius 2 is 1.92 bits per heavy atom. The number of rotatable bonds is 6. The van der Waals surface area contributed by atoms with E-state index in [1.54, 1.807) is 7.11 Å². The van der Waals surface area contributed by atoms with Crippen LogP contribution >= 0.6 is 0 Å². The molecule has 0 aliphatic carbocycles. The number of aromatic nitrogens is 1. The number of benzene rings is 2. The Hall–Kier alpha value is -2.95. The second-order valence-electron chi connectivity index (χ2n) is 6.63. The lowest BCUT2D eigenvalue weighted by Crippen LogP contribution is -2.30. The van der Waals surface area contributed by atoms with Crippen molar-refractivity contribution in [2.45, 2.75) is 26.2 Å². The molecule has 0 radical (unpaired) electrons. The normalized spacial score (nSPS) is 10.9. The zero-order chi connectivity index (χ0) is 18.5. The van der Waals surface area contributed by atoms with E-state index in [9.17, 15) is 4.79 Å². The maximum atomic E-state index is 12.1. The van der Waals surface area contributed by atoms with Crippen molar-refractivity contribution in [1.82, 2.24) is 10.3 Å². The summed E-state index contributed by atoms with van der Waals surface area (Å²) in [6.45, 7) is 4.85. The van der Waals surface area contributed by atoms with Gasteiger partial charge in [0.25, 0.3) is 0 Å². The number of anilines is 1. The van der Waals surface area contributed by atoms with Gasteiger partial charge in [0, 0.05) is 29.3 Å². The molecule has 5 heteroatoms. The summed E-state index contributed by atoms with van der Waals surface area (Å²) in [7, 11) is 1.66. The highest BCUT2D eigenvalue weighted by atomic mass is 16.5. The molecule has 2 aromatic carbocycles. The quantitative estimate of drug-likeness (QED) is 0.604. The molecule has 0 saturated heterocycles. The Bertz CT molecular complexity index is 882. The number of ether oxygens (including phenoxy) is 1. The highest BCUT2D eigenvalue weighted by molar-refractivity contribution is 5.89. The van der Waals surface area contributed by atoms with E-state index in [1.807, 2.05) is 48.7 Å². The summed E-state index contributed by atoms with van der Waals surface area (Å²) in [5, 5.41) is 6.89. The maximum Gasteiger partial charge on any atom is 0.319 e. The first-order valence-corrected chi connectivity index (χ1v) is 8.85. The van der Waals surface area contributed by atoms with Crippen LogP contribution < -0.4 is 15.4 Å². The molecule has 3 rings (SSSR count). The number of fused-ring (bicyclic) bond motifs is 1. The molecule has 1 aromatic heterocycles. The second-order valence-corrected chi connectivity index (χ2v) is 6.63. The van der Waals surface area contributed by atoms with Crippen molar-refractivity contribution in [3.05, 3.63) is 59.8 Å². The van der Waals surface area contributed by atoms with E-state index < -0.39 is 0 Å². The van der Waals surface area contributed by atoms with E-state index in [0.717, 1.165) is 34.3 Å². The molecule has 0 fully saturated rings. The summed E-state index contributed by atoms with van der Waals surface area (Å²) in [5.41, 5.74) is 4.27. The molecule has 0 spiro atoms. The molecular weight excluding hydrogens is 326 g/mol. The molecule has 0 saturated carbocycles. The van der Waals surface area contributed by atoms with Crippen LogP contribution in [0.4, 0.5) is 10.5 Å². The van der Waals surface area contributed by atoms with E-state index in [-0.39, 0.29) is 6.03 Å². The Balaban J connectivity index is 1.53. The fourth-order valence-corrected chi connectivity index (χ4v) is 2.93. The van der Waals surface area contributed by atoms with Crippen LogP contribution in [0.25, 0.3) is 10.9 Å². The first-order chi connectivity index (χ1) is 12.6. The topological polar surface area (TPSA) is 66.1 Å². The summed E-state index contributed by atoms with van der Waals surface area (Å²) < 4.78 is 5.29. The highest BCUT2D eigenvalue weighted by Gasteiger charge is 2.07. The molecule has 26 heavy (non-hydrogen) atoms. The third kappa shape index (κ3) is 4.17. The average molecular weight is 351 g/mol. The van der Waals surface area contributed by atoms with E-state index in [0.29, 0.717) is 12.5 Å². The Morgan fingerprint density at radius 3 is 2.62 bits per heavy atom. The summed E-state index contributed by atoms with van der Waals surface area (Å²) in [6.07, 6.45) is 2.72. The zero-order valence-electron chi connectivity index (χ0n) is 15.4. The number of amides is 2. The van der Waals surface area contributed by atoms with Gasteiger partial charge in [0.15, 0.2) is 0 Å². The maximum absolute atomic E-state index is 12.1. The summed E-state index contributed by atoms with van der Waals surface area (Å²) >= 11 is 0. The van der Waals surface area contributed by atoms with Crippen LogP contribution in [0.2, 0.25) is 0 Å². The minimum absolute atomic E-state index is 0.195. The largest absolute Gasteiger partial charge is 0.497 e. The van der Waals surface area contributed by atoms with Crippen LogP contribution in [0.5, 0.6) is 5.75 Å². The number of methoxy groups -OCH3 is 1. The van der Waals surface area contributed by atoms with Gasteiger partial charge in [0.2, 0.25) is 0 Å². The van der Waals surface area contributed by atoms with E-state index in [1.165, 1.54) is 5.56 Å². The molecule has 3 aromatic rings. The van der Waals surface area contributed by atoms with Crippen molar-refractivity contribution >= 4 is 22.6 Å². The van der Waals surface area contributed by atoms with Crippen LogP contribution in [0.3, 0.4) is 0 Å². The third-order valence-corrected chi connectivity index (χ3v) is 4.49. The van der Waals surface area contributed by atoms with Crippen LogP contribution in [0, 0.1) is 0 Å². The third-order valence-electron chi connectivity index (χ3n) is 4.49. The predicted octanol–water partition coefficient (Wildman–Crippen LogP) is 4.66. The molecule has 0 unspecified atom stereocenters. The van der Waals surface area contributed by atoms with Crippen molar-refractivity contribution in [2.75, 3.05) is 19.0 Å². The molecular formula is C21H25N3O2. The van der Waals surface area contributed by atoms with Crippen molar-refractivity contribution in [3.8, 4) is 5.75 Å². The molecule has 1 heterocycles. The fraction of sp³-hybridized carbons (Fsp3) is 0.286. The predicted molar refractivity (Wildman–Crippen MR) is 106 cm³/mol. The number of nitrogens with one attached hydrogen (secondary N) is 3. The van der Waals surface area contributed by atoms with E-state index >= 15 is 0 Å². The summed E-state index contributed by atoms with van der Waals surface area (Å²) in [5.74, 6) is 1.31. The van der Waals surface area contributed by atoms with Gasteiger partial charge in [-0.1, -0.05) is 26.0 Å². The fourth-order valence-electron chi connectivity index (χ4n) is 2.93. The number of urea groups is 1. The number of hydrogen-bond donors (Lipinski definition) is 3. The molecule has 0 bridgehead atoms. The lowest BCUT2D eigenvalue weighted by atomic mass is 10.0. The minimum atomic E-state index is -0.195. The van der Waals surface area contributed by atoms with Crippen LogP contribution in [0.1, 0.15) is 30.9 Å². The number of hydrogen-bond acceptors (Lipinski definition) is 2. The van der Waals surface area contributed by atoms with Gasteiger partial charge >= 0.3 is 6.03 Å². The van der Waals surface area contributed by atoms with Crippen molar-refractivity contribution in [2.24, 2.45) is 0 Å². The van der Waals surface area contributed by atoms with Gasteiger partial charge < -0.3 is 20.4 Å². The highest BCUT2D eigenvalue weighted by Crippen LogP contribution is 2.23. The molecule has 5 nitrogen and oxygen atoms in total. The lowest BCUT2D eigenvalue weighted by molar-refractivity contribution is 0.252. The van der Waals surface area contributed by atoms with Crippen molar-refractivity contribution in [1.29, 1.82) is 0 Å². The Labute approximate surface area is 153 Å². The number of carbonyl (C=O) groups excluding carboxylic acids is 1. The molecule has 2 amide bonds. The van der Waals surface area contributed by atoms with Gasteiger partial charge in [-0.05, 0) is 53.8 Å². The van der Waals surface area contributed by atoms with Crippen molar-refractivity contribution in [3.63, 3.8) is 0 Å². The first kappa shape index (κ1) is 17.9. The standard InChI is InChI=1S/C21H25N3O2/c1-14(2)15-4-6-17(7-5-15)24-21(25)22-11-10-16-13-23-20-9-8-18(26-3)12-19(16)20/h4-9,12-14,23H,10-11H2,1-3H3,(H2,22,24,25). The number of aromatic amines is 1. The van der Waals surface area contributed by atoms with Gasteiger partial charge in [-0.3, -0.25) is 0 Å². The monoisotopic (exact) mass is 351 g/mol. The lowest BCUT2D eigenvalue weighted by Gasteiger charge is -2.09. The molecule has 0 aliphatic heterocycles. The SMILES string of the molecule is COc1ccc2[nH]cc(CCNC(=O)Nc3ccc(C(C)C)cc3)c2c1. The average Bonchev–Trinajstić information content (AvgIpc) is 3.04. The Kier molecular flexibility index (Phi) is 5.46. The summed E-state index contributed by atoms with van der Waals surface area (Å²) in [4.78, 5) is 15.3. The molecule has 3 N–H and O–H groups in total.